The SMILES string of the molecule is CC(C)OC(=O)[C@H]1[C@H]2C(=O)N(Cc3ccco3)C[C@]23C=C[C@H]1O3. The van der Waals surface area contributed by atoms with Gasteiger partial charge in [0, 0.05) is 0 Å². The van der Waals surface area contributed by atoms with Crippen LogP contribution in [0, 0.1) is 11.8 Å². The third-order valence-electron chi connectivity index (χ3n) is 4.73. The molecule has 3 aliphatic heterocycles. The van der Waals surface area contributed by atoms with Crippen molar-refractivity contribution in [3.8, 4) is 0 Å². The number of carbonyl (C=O) groups is 2. The molecular formula is C17H19NO5. The zero-order valence-electron chi connectivity index (χ0n) is 13.1. The van der Waals surface area contributed by atoms with E-state index in [1.54, 1.807) is 31.1 Å². The molecule has 122 valence electrons. The van der Waals surface area contributed by atoms with Gasteiger partial charge in [0.1, 0.15) is 17.3 Å². The van der Waals surface area contributed by atoms with Crippen LogP contribution in [0.4, 0.5) is 0 Å². The van der Waals surface area contributed by atoms with Crippen LogP contribution in [0.3, 0.4) is 0 Å². The van der Waals surface area contributed by atoms with Crippen molar-refractivity contribution in [3.05, 3.63) is 36.3 Å². The second kappa shape index (κ2) is 4.96. The van der Waals surface area contributed by atoms with Crippen LogP contribution in [0.25, 0.3) is 0 Å². The number of amides is 1. The second-order valence-electron chi connectivity index (χ2n) is 6.66. The Kier molecular flexibility index (Phi) is 3.13. The Hall–Kier alpha value is -2.08. The number of fused-ring (bicyclic) bond motifs is 1. The molecule has 0 radical (unpaired) electrons. The standard InChI is InChI=1S/C17H19NO5/c1-10(2)22-16(20)13-12-5-6-17(23-12)9-18(15(19)14(13)17)8-11-4-3-7-21-11/h3-7,10,12-14H,8-9H2,1-2H3/t12-,13-,14+,17-/m1/s1. The summed E-state index contributed by atoms with van der Waals surface area (Å²) in [5.41, 5.74) is -0.699. The molecule has 0 aliphatic carbocycles. The molecule has 1 aromatic rings. The number of hydrogen-bond acceptors (Lipinski definition) is 5. The zero-order valence-corrected chi connectivity index (χ0v) is 13.1. The van der Waals surface area contributed by atoms with E-state index in [4.69, 9.17) is 13.9 Å². The lowest BCUT2D eigenvalue weighted by molar-refractivity contribution is -0.157. The summed E-state index contributed by atoms with van der Waals surface area (Å²) in [6, 6.07) is 3.62. The van der Waals surface area contributed by atoms with Gasteiger partial charge in [0.15, 0.2) is 0 Å². The van der Waals surface area contributed by atoms with Crippen molar-refractivity contribution in [2.75, 3.05) is 6.54 Å². The van der Waals surface area contributed by atoms with E-state index in [0.717, 1.165) is 5.76 Å². The van der Waals surface area contributed by atoms with E-state index in [9.17, 15) is 9.59 Å². The average Bonchev–Trinajstić information content (AvgIpc) is 3.21. The van der Waals surface area contributed by atoms with Gasteiger partial charge in [0.05, 0.1) is 37.5 Å². The third kappa shape index (κ3) is 2.12. The minimum absolute atomic E-state index is 0.0704. The predicted molar refractivity (Wildman–Crippen MR) is 79.1 cm³/mol. The van der Waals surface area contributed by atoms with E-state index in [1.165, 1.54) is 0 Å². The molecule has 0 aromatic carbocycles. The summed E-state index contributed by atoms with van der Waals surface area (Å²) in [5, 5.41) is 0. The van der Waals surface area contributed by atoms with Gasteiger partial charge in [-0.15, -0.1) is 0 Å². The molecule has 23 heavy (non-hydrogen) atoms. The van der Waals surface area contributed by atoms with Crippen LogP contribution in [0.2, 0.25) is 0 Å². The second-order valence-corrected chi connectivity index (χ2v) is 6.66. The number of furan rings is 1. The van der Waals surface area contributed by atoms with Crippen LogP contribution in [-0.2, 0) is 25.6 Å². The van der Waals surface area contributed by atoms with Crippen molar-refractivity contribution in [1.82, 2.24) is 4.90 Å². The number of carbonyl (C=O) groups excluding carboxylic acids is 2. The first-order chi connectivity index (χ1) is 11.0. The molecular weight excluding hydrogens is 298 g/mol. The maximum Gasteiger partial charge on any atom is 0.313 e. The van der Waals surface area contributed by atoms with Crippen LogP contribution < -0.4 is 0 Å². The molecule has 0 saturated carbocycles. The average molecular weight is 317 g/mol. The Morgan fingerprint density at radius 2 is 2.35 bits per heavy atom. The summed E-state index contributed by atoms with van der Waals surface area (Å²) in [4.78, 5) is 27.0. The van der Waals surface area contributed by atoms with Crippen molar-refractivity contribution in [3.63, 3.8) is 0 Å². The Morgan fingerprint density at radius 3 is 3.04 bits per heavy atom. The van der Waals surface area contributed by atoms with Crippen LogP contribution in [-0.4, -0.2) is 41.1 Å². The Bertz CT molecular complexity index is 665. The summed E-state index contributed by atoms with van der Waals surface area (Å²) in [7, 11) is 0. The maximum absolute atomic E-state index is 12.9. The molecule has 3 aliphatic rings. The minimum Gasteiger partial charge on any atom is -0.467 e. The predicted octanol–water partition coefficient (Wildman–Crippen LogP) is 1.51. The van der Waals surface area contributed by atoms with Gasteiger partial charge in [-0.05, 0) is 26.0 Å². The Morgan fingerprint density at radius 1 is 1.52 bits per heavy atom. The van der Waals surface area contributed by atoms with E-state index in [1.807, 2.05) is 18.2 Å². The van der Waals surface area contributed by atoms with Gasteiger partial charge in [0.2, 0.25) is 5.91 Å². The number of esters is 1. The normalized spacial score (nSPS) is 34.5. The number of hydrogen-bond donors (Lipinski definition) is 0. The van der Waals surface area contributed by atoms with Crippen molar-refractivity contribution in [2.45, 2.75) is 38.2 Å². The molecule has 2 bridgehead atoms. The minimum atomic E-state index is -0.699. The highest BCUT2D eigenvalue weighted by molar-refractivity contribution is 5.91. The van der Waals surface area contributed by atoms with E-state index in [0.29, 0.717) is 13.1 Å². The molecule has 6 nitrogen and oxygen atoms in total. The summed E-state index contributed by atoms with van der Waals surface area (Å²) < 4.78 is 16.7. The van der Waals surface area contributed by atoms with Crippen LogP contribution in [0.1, 0.15) is 19.6 Å². The van der Waals surface area contributed by atoms with Gasteiger partial charge >= 0.3 is 5.97 Å². The molecule has 6 heteroatoms. The lowest BCUT2D eigenvalue weighted by Crippen LogP contribution is -2.40. The van der Waals surface area contributed by atoms with Gasteiger partial charge in [-0.1, -0.05) is 12.2 Å². The highest BCUT2D eigenvalue weighted by atomic mass is 16.6. The summed E-state index contributed by atoms with van der Waals surface area (Å²) in [5.74, 6) is -0.766. The fourth-order valence-electron chi connectivity index (χ4n) is 3.88. The maximum atomic E-state index is 12.9. The fourth-order valence-corrected chi connectivity index (χ4v) is 3.88. The van der Waals surface area contributed by atoms with E-state index < -0.39 is 17.4 Å². The first kappa shape index (κ1) is 14.5. The molecule has 2 saturated heterocycles. The molecule has 4 rings (SSSR count). The third-order valence-corrected chi connectivity index (χ3v) is 4.73. The van der Waals surface area contributed by atoms with Crippen LogP contribution in [0.15, 0.2) is 35.0 Å². The topological polar surface area (TPSA) is 69.0 Å². The van der Waals surface area contributed by atoms with E-state index in [-0.39, 0.29) is 24.1 Å². The summed E-state index contributed by atoms with van der Waals surface area (Å²) in [6.45, 7) is 4.43. The highest BCUT2D eigenvalue weighted by Gasteiger charge is 2.67. The van der Waals surface area contributed by atoms with Crippen molar-refractivity contribution < 1.29 is 23.5 Å². The molecule has 0 unspecified atom stereocenters. The quantitative estimate of drug-likeness (QED) is 0.622. The Balaban J connectivity index is 1.59. The lowest BCUT2D eigenvalue weighted by atomic mass is 9.77. The smallest absolute Gasteiger partial charge is 0.313 e. The largest absolute Gasteiger partial charge is 0.467 e. The van der Waals surface area contributed by atoms with Crippen molar-refractivity contribution in [2.24, 2.45) is 11.8 Å². The van der Waals surface area contributed by atoms with Crippen LogP contribution >= 0.6 is 0 Å². The van der Waals surface area contributed by atoms with Gasteiger partial charge in [-0.3, -0.25) is 9.59 Å². The number of likely N-dealkylation sites (tertiary alicyclic amines) is 1. The number of rotatable bonds is 4. The first-order valence-electron chi connectivity index (χ1n) is 7.89. The summed E-state index contributed by atoms with van der Waals surface area (Å²) in [6.07, 6.45) is 4.83. The van der Waals surface area contributed by atoms with Gasteiger partial charge < -0.3 is 18.8 Å². The van der Waals surface area contributed by atoms with Crippen molar-refractivity contribution >= 4 is 11.9 Å². The molecule has 0 N–H and O–H groups in total. The number of ether oxygens (including phenoxy) is 2. The van der Waals surface area contributed by atoms with E-state index >= 15 is 0 Å². The van der Waals surface area contributed by atoms with Crippen molar-refractivity contribution in [1.29, 1.82) is 0 Å². The first-order valence-corrected chi connectivity index (χ1v) is 7.89. The fraction of sp³-hybridized carbons (Fsp3) is 0.529. The summed E-state index contributed by atoms with van der Waals surface area (Å²) >= 11 is 0. The Labute approximate surface area is 134 Å². The van der Waals surface area contributed by atoms with Gasteiger partial charge in [-0.25, -0.2) is 0 Å². The molecule has 1 amide bonds. The van der Waals surface area contributed by atoms with Gasteiger partial charge in [-0.2, -0.15) is 0 Å². The lowest BCUT2D eigenvalue weighted by Gasteiger charge is -2.23. The van der Waals surface area contributed by atoms with E-state index in [2.05, 4.69) is 0 Å². The monoisotopic (exact) mass is 317 g/mol. The highest BCUT2D eigenvalue weighted by Crippen LogP contribution is 2.52. The zero-order chi connectivity index (χ0) is 16.2. The molecule has 4 atom stereocenters. The number of nitrogens with zero attached hydrogens (tertiary/aromatic N) is 1. The molecule has 4 heterocycles. The molecule has 1 aromatic heterocycles. The van der Waals surface area contributed by atoms with Gasteiger partial charge in [0.25, 0.3) is 0 Å². The molecule has 2 fully saturated rings. The van der Waals surface area contributed by atoms with Crippen LogP contribution in [0.5, 0.6) is 0 Å². The molecule has 1 spiro atoms.